The van der Waals surface area contributed by atoms with Crippen molar-refractivity contribution < 1.29 is 24.1 Å². The van der Waals surface area contributed by atoms with Crippen molar-refractivity contribution in [2.75, 3.05) is 20.8 Å². The van der Waals surface area contributed by atoms with Gasteiger partial charge in [-0.05, 0) is 54.2 Å². The van der Waals surface area contributed by atoms with E-state index in [9.17, 15) is 14.7 Å². The van der Waals surface area contributed by atoms with Crippen LogP contribution in [0.15, 0.2) is 57.5 Å². The predicted octanol–water partition coefficient (Wildman–Crippen LogP) is 4.42. The number of phenolic OH excluding ortho intramolecular Hbond substituents is 1. The number of methoxy groups -OCH3 is 2. The van der Waals surface area contributed by atoms with Gasteiger partial charge >= 0.3 is 5.97 Å². The van der Waals surface area contributed by atoms with Crippen molar-refractivity contribution in [3.05, 3.63) is 84.0 Å². The highest BCUT2D eigenvalue weighted by atomic mass is 32.1. The van der Waals surface area contributed by atoms with E-state index in [0.717, 1.165) is 17.5 Å². The lowest BCUT2D eigenvalue weighted by molar-refractivity contribution is -0.139. The average Bonchev–Trinajstić information content (AvgIpc) is 3.23. The Hall–Kier alpha value is -3.85. The van der Waals surface area contributed by atoms with Crippen LogP contribution in [0.5, 0.6) is 17.2 Å². The van der Waals surface area contributed by atoms with E-state index in [0.29, 0.717) is 38.5 Å². The zero-order chi connectivity index (χ0) is 28.3. The lowest BCUT2D eigenvalue weighted by atomic mass is 9.92. The molecule has 2 aromatic carbocycles. The number of fused-ring (bicyclic) bond motifs is 1. The molecule has 1 aliphatic rings. The van der Waals surface area contributed by atoms with Crippen LogP contribution >= 0.6 is 11.3 Å². The van der Waals surface area contributed by atoms with Crippen LogP contribution in [0.2, 0.25) is 0 Å². The second kappa shape index (κ2) is 11.9. The second-order valence-electron chi connectivity index (χ2n) is 9.51. The smallest absolute Gasteiger partial charge is 0.338 e. The van der Waals surface area contributed by atoms with Crippen molar-refractivity contribution in [1.29, 1.82) is 0 Å². The summed E-state index contributed by atoms with van der Waals surface area (Å²) in [5.74, 6) is 0.213. The number of benzene rings is 2. The summed E-state index contributed by atoms with van der Waals surface area (Å²) in [5.41, 5.74) is 3.34. The summed E-state index contributed by atoms with van der Waals surface area (Å²) >= 11 is 1.25. The zero-order valence-corrected chi connectivity index (χ0v) is 23.9. The molecule has 0 saturated heterocycles. The number of carbonyl (C=O) groups excluding carboxylic acids is 1. The van der Waals surface area contributed by atoms with Crippen LogP contribution in [0.4, 0.5) is 0 Å². The summed E-state index contributed by atoms with van der Waals surface area (Å²) in [4.78, 5) is 32.6. The molecular weight excluding hydrogens is 516 g/mol. The van der Waals surface area contributed by atoms with E-state index in [1.54, 1.807) is 29.7 Å². The molecule has 1 aromatic heterocycles. The topological polar surface area (TPSA) is 99.4 Å². The van der Waals surface area contributed by atoms with Crippen LogP contribution in [0.1, 0.15) is 69.2 Å². The molecule has 2 heterocycles. The largest absolute Gasteiger partial charge is 0.502 e. The molecule has 0 saturated carbocycles. The van der Waals surface area contributed by atoms with Gasteiger partial charge in [-0.1, -0.05) is 62.8 Å². The average molecular weight is 551 g/mol. The van der Waals surface area contributed by atoms with Gasteiger partial charge in [-0.3, -0.25) is 9.36 Å². The fraction of sp³-hybridized carbons (Fsp3) is 0.367. The van der Waals surface area contributed by atoms with Crippen molar-refractivity contribution in [2.45, 2.75) is 52.5 Å². The molecule has 4 rings (SSSR count). The van der Waals surface area contributed by atoms with Gasteiger partial charge in [0.2, 0.25) is 5.75 Å². The molecule has 1 atom stereocenters. The van der Waals surface area contributed by atoms with Gasteiger partial charge in [-0.2, -0.15) is 0 Å². The van der Waals surface area contributed by atoms with Crippen LogP contribution in [0.25, 0.3) is 6.08 Å². The summed E-state index contributed by atoms with van der Waals surface area (Å²) in [6.45, 7) is 8.25. The fourth-order valence-corrected chi connectivity index (χ4v) is 5.67. The number of allylic oxidation sites excluding steroid dienone is 1. The molecule has 9 heteroatoms. The van der Waals surface area contributed by atoms with Crippen molar-refractivity contribution in [1.82, 2.24) is 4.57 Å². The van der Waals surface area contributed by atoms with Crippen molar-refractivity contribution in [3.8, 4) is 17.2 Å². The second-order valence-corrected chi connectivity index (χ2v) is 10.5. The monoisotopic (exact) mass is 550 g/mol. The van der Waals surface area contributed by atoms with E-state index >= 15 is 0 Å². The Morgan fingerprint density at radius 1 is 1.13 bits per heavy atom. The van der Waals surface area contributed by atoms with Gasteiger partial charge in [0, 0.05) is 0 Å². The first kappa shape index (κ1) is 28.2. The number of ether oxygens (including phenoxy) is 3. The summed E-state index contributed by atoms with van der Waals surface area (Å²) in [7, 11) is 2.89. The highest BCUT2D eigenvalue weighted by molar-refractivity contribution is 7.07. The standard InChI is InChI=1S/C30H34N2O6S/c1-7-9-21-25(29(35)38-8-2)26(20-12-10-19(11-13-20)17(3)4)32-28(34)24(39-30(32)31-21)16-18-14-22(36-5)27(33)23(15-18)37-6/h10-17,26,33H,7-9H2,1-6H3/b24-16+/t26-/m1/s1. The van der Waals surface area contributed by atoms with Gasteiger partial charge in [-0.15, -0.1) is 0 Å². The van der Waals surface area contributed by atoms with Crippen LogP contribution in [0, 0.1) is 0 Å². The molecule has 206 valence electrons. The number of hydrogen-bond donors (Lipinski definition) is 1. The minimum Gasteiger partial charge on any atom is -0.502 e. The summed E-state index contributed by atoms with van der Waals surface area (Å²) in [5, 5.41) is 10.3. The third-order valence-electron chi connectivity index (χ3n) is 6.61. The van der Waals surface area contributed by atoms with E-state index in [4.69, 9.17) is 19.2 Å². The molecule has 0 amide bonds. The van der Waals surface area contributed by atoms with Crippen LogP contribution < -0.4 is 24.4 Å². The number of phenols is 1. The maximum atomic E-state index is 13.9. The first-order chi connectivity index (χ1) is 18.7. The van der Waals surface area contributed by atoms with Gasteiger partial charge in [0.05, 0.1) is 42.7 Å². The molecule has 0 bridgehead atoms. The third kappa shape index (κ3) is 5.49. The molecule has 0 radical (unpaired) electrons. The van der Waals surface area contributed by atoms with E-state index in [1.807, 2.05) is 31.2 Å². The number of aromatic hydroxyl groups is 1. The van der Waals surface area contributed by atoms with Crippen molar-refractivity contribution >= 4 is 23.4 Å². The molecule has 39 heavy (non-hydrogen) atoms. The van der Waals surface area contributed by atoms with E-state index in [1.165, 1.54) is 25.6 Å². The van der Waals surface area contributed by atoms with Gasteiger partial charge in [-0.25, -0.2) is 9.79 Å². The Labute approximate surface area is 231 Å². The van der Waals surface area contributed by atoms with Crippen LogP contribution in [0.3, 0.4) is 0 Å². The Morgan fingerprint density at radius 2 is 1.77 bits per heavy atom. The highest BCUT2D eigenvalue weighted by Crippen LogP contribution is 2.37. The Bertz CT molecular complexity index is 1560. The molecule has 3 aromatic rings. The van der Waals surface area contributed by atoms with Gasteiger partial charge < -0.3 is 19.3 Å². The summed E-state index contributed by atoms with van der Waals surface area (Å²) in [6, 6.07) is 10.6. The number of esters is 1. The van der Waals surface area contributed by atoms with Crippen LogP contribution in [-0.2, 0) is 9.53 Å². The zero-order valence-electron chi connectivity index (χ0n) is 23.1. The minimum absolute atomic E-state index is 0.119. The third-order valence-corrected chi connectivity index (χ3v) is 7.59. The van der Waals surface area contributed by atoms with Crippen molar-refractivity contribution in [2.24, 2.45) is 4.99 Å². The molecule has 8 nitrogen and oxygen atoms in total. The van der Waals surface area contributed by atoms with Gasteiger partial charge in [0.1, 0.15) is 0 Å². The Morgan fingerprint density at radius 3 is 2.31 bits per heavy atom. The highest BCUT2D eigenvalue weighted by Gasteiger charge is 2.34. The molecule has 0 unspecified atom stereocenters. The molecule has 0 aliphatic carbocycles. The van der Waals surface area contributed by atoms with Gasteiger partial charge in [0.25, 0.3) is 5.56 Å². The Kier molecular flexibility index (Phi) is 8.60. The molecule has 0 spiro atoms. The number of nitrogens with zero attached hydrogens (tertiary/aromatic N) is 2. The number of thiazole rings is 1. The molecular formula is C30H34N2O6S. The molecule has 1 N–H and O–H groups in total. The summed E-state index contributed by atoms with van der Waals surface area (Å²) in [6.07, 6.45) is 3.06. The lowest BCUT2D eigenvalue weighted by Gasteiger charge is -2.26. The van der Waals surface area contributed by atoms with E-state index in [-0.39, 0.29) is 29.4 Å². The maximum absolute atomic E-state index is 13.9. The SMILES string of the molecule is CCCC1=C(C(=O)OCC)[C@@H](c2ccc(C(C)C)cc2)n2c(s/c(=C/c3cc(OC)c(O)c(OC)c3)c2=O)=N1. The normalized spacial score (nSPS) is 15.3. The van der Waals surface area contributed by atoms with E-state index < -0.39 is 12.0 Å². The number of aromatic nitrogens is 1. The van der Waals surface area contributed by atoms with Gasteiger partial charge in [0.15, 0.2) is 16.3 Å². The number of rotatable bonds is 9. The maximum Gasteiger partial charge on any atom is 0.338 e. The first-order valence-corrected chi connectivity index (χ1v) is 13.8. The fourth-order valence-electron chi connectivity index (χ4n) is 4.65. The minimum atomic E-state index is -0.672. The van der Waals surface area contributed by atoms with Crippen LogP contribution in [-0.4, -0.2) is 36.5 Å². The lowest BCUT2D eigenvalue weighted by Crippen LogP contribution is -2.40. The first-order valence-electron chi connectivity index (χ1n) is 13.0. The molecule has 1 aliphatic heterocycles. The quantitative estimate of drug-likeness (QED) is 0.396. The Balaban J connectivity index is 1.98. The summed E-state index contributed by atoms with van der Waals surface area (Å²) < 4.78 is 18.0. The number of hydrogen-bond acceptors (Lipinski definition) is 8. The number of carbonyl (C=O) groups is 1. The molecule has 0 fully saturated rings. The van der Waals surface area contributed by atoms with Crippen molar-refractivity contribution in [3.63, 3.8) is 0 Å². The predicted molar refractivity (Wildman–Crippen MR) is 151 cm³/mol. The van der Waals surface area contributed by atoms with E-state index in [2.05, 4.69) is 13.8 Å².